The molecule has 0 spiro atoms. The van der Waals surface area contributed by atoms with Gasteiger partial charge in [0.1, 0.15) is 6.54 Å². The number of aliphatic hydroxyl groups is 1. The van der Waals surface area contributed by atoms with E-state index in [2.05, 4.69) is 20.7 Å². The predicted octanol–water partition coefficient (Wildman–Crippen LogP) is 0.679. The van der Waals surface area contributed by atoms with Crippen LogP contribution in [0.4, 0.5) is 0 Å². The van der Waals surface area contributed by atoms with Crippen molar-refractivity contribution in [2.75, 3.05) is 6.54 Å². The summed E-state index contributed by atoms with van der Waals surface area (Å²) in [5, 5.41) is 27.6. The predicted molar refractivity (Wildman–Crippen MR) is 75.1 cm³/mol. The number of thiophene rings is 1. The topological polar surface area (TPSA) is 92.9 Å². The first kappa shape index (κ1) is 14.6. The van der Waals surface area contributed by atoms with Gasteiger partial charge in [-0.2, -0.15) is 16.1 Å². The lowest BCUT2D eigenvalue weighted by Gasteiger charge is -2.05. The molecule has 0 radical (unpaired) electrons. The molecule has 2 N–H and O–H groups in total. The molecule has 2 rings (SSSR count). The second-order valence-electron chi connectivity index (χ2n) is 4.50. The number of aliphatic hydroxyl groups excluding tert-OH is 1. The van der Waals surface area contributed by atoms with Gasteiger partial charge < -0.3 is 10.4 Å². The van der Waals surface area contributed by atoms with Gasteiger partial charge in [-0.15, -0.1) is 10.2 Å². The zero-order chi connectivity index (χ0) is 14.4. The van der Waals surface area contributed by atoms with E-state index < -0.39 is 0 Å². The Morgan fingerprint density at radius 1 is 1.60 bits per heavy atom. The van der Waals surface area contributed by atoms with Crippen LogP contribution in [0.25, 0.3) is 11.4 Å². The van der Waals surface area contributed by atoms with Crippen LogP contribution in [-0.2, 0) is 11.3 Å². The molecule has 0 aliphatic carbocycles. The molecule has 0 aliphatic rings. The second-order valence-corrected chi connectivity index (χ2v) is 5.28. The highest BCUT2D eigenvalue weighted by Gasteiger charge is 2.09. The summed E-state index contributed by atoms with van der Waals surface area (Å²) in [6, 6.07) is 1.90. The average Bonchev–Trinajstić information content (AvgIpc) is 3.04. The first-order chi connectivity index (χ1) is 9.65. The van der Waals surface area contributed by atoms with Crippen molar-refractivity contribution in [2.24, 2.45) is 0 Å². The summed E-state index contributed by atoms with van der Waals surface area (Å²) in [7, 11) is 0. The maximum Gasteiger partial charge on any atom is 0.243 e. The van der Waals surface area contributed by atoms with Gasteiger partial charge in [-0.3, -0.25) is 4.79 Å². The molecule has 0 bridgehead atoms. The van der Waals surface area contributed by atoms with E-state index in [0.29, 0.717) is 18.8 Å². The van der Waals surface area contributed by atoms with Crippen molar-refractivity contribution in [2.45, 2.75) is 32.4 Å². The molecule has 1 atom stereocenters. The molecule has 108 valence electrons. The molecule has 1 amide bonds. The van der Waals surface area contributed by atoms with E-state index in [1.54, 1.807) is 18.3 Å². The SMILES string of the molecule is CC(O)CCCNC(=O)Cn1nnc(-c2ccsc2)n1. The summed E-state index contributed by atoms with van der Waals surface area (Å²) in [6.45, 7) is 2.31. The van der Waals surface area contributed by atoms with E-state index in [0.717, 1.165) is 12.0 Å². The van der Waals surface area contributed by atoms with Crippen molar-refractivity contribution >= 4 is 17.2 Å². The minimum absolute atomic E-state index is 0.0474. The number of nitrogens with zero attached hydrogens (tertiary/aromatic N) is 4. The fourth-order valence-electron chi connectivity index (χ4n) is 1.63. The third-order valence-corrected chi connectivity index (χ3v) is 3.32. The van der Waals surface area contributed by atoms with Gasteiger partial charge in [0, 0.05) is 17.5 Å². The Labute approximate surface area is 120 Å². The molecule has 8 heteroatoms. The Morgan fingerprint density at radius 3 is 3.15 bits per heavy atom. The summed E-state index contributed by atoms with van der Waals surface area (Å²) in [5.41, 5.74) is 0.901. The van der Waals surface area contributed by atoms with E-state index in [1.807, 2.05) is 16.8 Å². The van der Waals surface area contributed by atoms with Gasteiger partial charge in [-0.1, -0.05) is 0 Å². The highest BCUT2D eigenvalue weighted by molar-refractivity contribution is 7.08. The largest absolute Gasteiger partial charge is 0.393 e. The lowest BCUT2D eigenvalue weighted by molar-refractivity contribution is -0.122. The maximum atomic E-state index is 11.7. The van der Waals surface area contributed by atoms with Crippen LogP contribution in [0.2, 0.25) is 0 Å². The number of carbonyl (C=O) groups excluding carboxylic acids is 1. The molecule has 2 aromatic heterocycles. The molecule has 0 aliphatic heterocycles. The monoisotopic (exact) mass is 295 g/mol. The molecule has 2 aromatic rings. The number of amides is 1. The summed E-state index contributed by atoms with van der Waals surface area (Å²) >= 11 is 1.56. The molecule has 0 aromatic carbocycles. The Kier molecular flexibility index (Phi) is 5.19. The highest BCUT2D eigenvalue weighted by Crippen LogP contribution is 2.16. The van der Waals surface area contributed by atoms with E-state index >= 15 is 0 Å². The van der Waals surface area contributed by atoms with Crippen molar-refractivity contribution in [1.82, 2.24) is 25.5 Å². The fraction of sp³-hybridized carbons (Fsp3) is 0.500. The first-order valence-corrected chi connectivity index (χ1v) is 7.34. The van der Waals surface area contributed by atoms with Crippen molar-refractivity contribution in [3.63, 3.8) is 0 Å². The third kappa shape index (κ3) is 4.39. The lowest BCUT2D eigenvalue weighted by Crippen LogP contribution is -2.29. The van der Waals surface area contributed by atoms with E-state index in [9.17, 15) is 4.79 Å². The normalized spacial score (nSPS) is 12.3. The van der Waals surface area contributed by atoms with Crippen molar-refractivity contribution in [3.05, 3.63) is 16.8 Å². The van der Waals surface area contributed by atoms with E-state index in [1.165, 1.54) is 4.80 Å². The van der Waals surface area contributed by atoms with Crippen LogP contribution in [0.3, 0.4) is 0 Å². The van der Waals surface area contributed by atoms with Crippen molar-refractivity contribution in [1.29, 1.82) is 0 Å². The molecule has 1 unspecified atom stereocenters. The van der Waals surface area contributed by atoms with Gasteiger partial charge in [-0.05, 0) is 36.4 Å². The standard InChI is InChI=1S/C12H17N5O2S/c1-9(18)3-2-5-13-11(19)7-17-15-12(14-16-17)10-4-6-20-8-10/h4,6,8-9,18H,2-3,5,7H2,1H3,(H,13,19). The Bertz CT molecular complexity index is 538. The Morgan fingerprint density at radius 2 is 2.45 bits per heavy atom. The van der Waals surface area contributed by atoms with E-state index in [4.69, 9.17) is 5.11 Å². The number of rotatable bonds is 7. The minimum atomic E-state index is -0.336. The quantitative estimate of drug-likeness (QED) is 0.733. The van der Waals surface area contributed by atoms with Gasteiger partial charge in [0.15, 0.2) is 0 Å². The second kappa shape index (κ2) is 7.11. The molecular formula is C12H17N5O2S. The number of aromatic nitrogens is 4. The first-order valence-electron chi connectivity index (χ1n) is 6.40. The van der Waals surface area contributed by atoms with Crippen molar-refractivity contribution < 1.29 is 9.90 Å². The number of nitrogens with one attached hydrogen (secondary N) is 1. The summed E-state index contributed by atoms with van der Waals surface area (Å²) < 4.78 is 0. The fourth-order valence-corrected chi connectivity index (χ4v) is 2.26. The zero-order valence-electron chi connectivity index (χ0n) is 11.2. The number of hydrogen-bond acceptors (Lipinski definition) is 6. The number of carbonyl (C=O) groups is 1. The number of hydrogen-bond donors (Lipinski definition) is 2. The van der Waals surface area contributed by atoms with Crippen LogP contribution in [0.5, 0.6) is 0 Å². The molecule has 20 heavy (non-hydrogen) atoms. The summed E-state index contributed by atoms with van der Waals surface area (Å²) in [6.07, 6.45) is 1.08. The Hall–Kier alpha value is -1.80. The molecule has 0 fully saturated rings. The molecule has 2 heterocycles. The van der Waals surface area contributed by atoms with Crippen LogP contribution < -0.4 is 5.32 Å². The van der Waals surface area contributed by atoms with Crippen LogP contribution in [-0.4, -0.2) is 43.9 Å². The van der Waals surface area contributed by atoms with Crippen LogP contribution in [0, 0.1) is 0 Å². The molecule has 0 saturated heterocycles. The minimum Gasteiger partial charge on any atom is -0.393 e. The smallest absolute Gasteiger partial charge is 0.243 e. The van der Waals surface area contributed by atoms with Crippen LogP contribution >= 0.6 is 11.3 Å². The van der Waals surface area contributed by atoms with E-state index in [-0.39, 0.29) is 18.6 Å². The third-order valence-electron chi connectivity index (χ3n) is 2.64. The Balaban J connectivity index is 1.77. The molecule has 7 nitrogen and oxygen atoms in total. The number of tetrazole rings is 1. The average molecular weight is 295 g/mol. The van der Waals surface area contributed by atoms with Gasteiger partial charge in [-0.25, -0.2) is 0 Å². The lowest BCUT2D eigenvalue weighted by atomic mass is 10.2. The highest BCUT2D eigenvalue weighted by atomic mass is 32.1. The van der Waals surface area contributed by atoms with Gasteiger partial charge in [0.05, 0.1) is 6.10 Å². The molecular weight excluding hydrogens is 278 g/mol. The van der Waals surface area contributed by atoms with Crippen molar-refractivity contribution in [3.8, 4) is 11.4 Å². The molecule has 0 saturated carbocycles. The van der Waals surface area contributed by atoms with Crippen LogP contribution in [0.1, 0.15) is 19.8 Å². The summed E-state index contributed by atoms with van der Waals surface area (Å²) in [5.74, 6) is 0.359. The van der Waals surface area contributed by atoms with Gasteiger partial charge >= 0.3 is 0 Å². The maximum absolute atomic E-state index is 11.7. The van der Waals surface area contributed by atoms with Gasteiger partial charge in [0.2, 0.25) is 11.7 Å². The zero-order valence-corrected chi connectivity index (χ0v) is 12.0. The summed E-state index contributed by atoms with van der Waals surface area (Å²) in [4.78, 5) is 12.9. The van der Waals surface area contributed by atoms with Gasteiger partial charge in [0.25, 0.3) is 0 Å². The van der Waals surface area contributed by atoms with Crippen LogP contribution in [0.15, 0.2) is 16.8 Å².